The molecule has 4 N–H and O–H groups in total. The second-order valence-corrected chi connectivity index (χ2v) is 5.03. The van der Waals surface area contributed by atoms with E-state index in [2.05, 4.69) is 10.3 Å². The number of carbonyl (C=O) groups excluding carboxylic acids is 1. The normalized spacial score (nSPS) is 13.2. The van der Waals surface area contributed by atoms with Crippen LogP contribution in [0.25, 0.3) is 0 Å². The van der Waals surface area contributed by atoms with Gasteiger partial charge in [-0.2, -0.15) is 0 Å². The first kappa shape index (κ1) is 13.6. The number of carbonyl (C=O) groups is 1. The number of rotatable bonds is 3. The Balaban J connectivity index is 2.54. The summed E-state index contributed by atoms with van der Waals surface area (Å²) in [5, 5.41) is 2.77. The smallest absolute Gasteiger partial charge is 0.408 e. The van der Waals surface area contributed by atoms with Gasteiger partial charge in [0.25, 0.3) is 0 Å². The molecule has 17 heavy (non-hydrogen) atoms. The van der Waals surface area contributed by atoms with Crippen molar-refractivity contribution < 1.29 is 9.53 Å². The highest BCUT2D eigenvalue weighted by atomic mass is 16.6. The van der Waals surface area contributed by atoms with Crippen molar-refractivity contribution in [1.82, 2.24) is 10.3 Å². The maximum Gasteiger partial charge on any atom is 0.408 e. The van der Waals surface area contributed by atoms with Gasteiger partial charge in [0.1, 0.15) is 5.60 Å². The first-order valence-electron chi connectivity index (χ1n) is 5.68. The molecule has 0 aromatic carbocycles. The van der Waals surface area contributed by atoms with Crippen LogP contribution in [0.5, 0.6) is 0 Å². The average molecular weight is 239 g/mol. The van der Waals surface area contributed by atoms with Crippen LogP contribution in [0, 0.1) is 0 Å². The zero-order valence-corrected chi connectivity index (χ0v) is 10.8. The van der Waals surface area contributed by atoms with Crippen molar-refractivity contribution in [1.29, 1.82) is 0 Å². The van der Waals surface area contributed by atoms with Crippen LogP contribution in [0.15, 0.2) is 12.3 Å². The predicted octanol–water partition coefficient (Wildman–Crippen LogP) is 2.06. The van der Waals surface area contributed by atoms with Gasteiger partial charge in [0.05, 0.1) is 6.04 Å². The molecule has 0 aliphatic carbocycles. The fourth-order valence-corrected chi connectivity index (χ4v) is 1.40. The quantitative estimate of drug-likeness (QED) is 0.755. The molecule has 0 fully saturated rings. The highest BCUT2D eigenvalue weighted by Gasteiger charge is 2.18. The molecule has 1 aromatic rings. The van der Waals surface area contributed by atoms with Gasteiger partial charge in [0.15, 0.2) is 0 Å². The minimum absolute atomic E-state index is 0.110. The van der Waals surface area contributed by atoms with E-state index in [1.54, 1.807) is 0 Å². The summed E-state index contributed by atoms with van der Waals surface area (Å²) in [7, 11) is 0. The second kappa shape index (κ2) is 5.23. The predicted molar refractivity (Wildman–Crippen MR) is 66.5 cm³/mol. The molecule has 0 saturated heterocycles. The first-order valence-corrected chi connectivity index (χ1v) is 5.68. The van der Waals surface area contributed by atoms with Crippen LogP contribution < -0.4 is 11.1 Å². The van der Waals surface area contributed by atoms with Crippen LogP contribution >= 0.6 is 0 Å². The summed E-state index contributed by atoms with van der Waals surface area (Å²) in [5.74, 6) is 0. The Hall–Kier alpha value is -1.49. The van der Waals surface area contributed by atoms with Crippen molar-refractivity contribution >= 4 is 6.09 Å². The van der Waals surface area contributed by atoms with Gasteiger partial charge in [0, 0.05) is 18.4 Å². The standard InChI is InChI=1S/C12H21N3O2/c1-8(9-5-10(6-13)14-7-9)15-11(16)17-12(2,3)4/h5,7-8,14H,6,13H2,1-4H3,(H,15,16). The zero-order valence-electron chi connectivity index (χ0n) is 10.8. The number of alkyl carbamates (subject to hydrolysis) is 1. The van der Waals surface area contributed by atoms with E-state index in [0.717, 1.165) is 11.3 Å². The lowest BCUT2D eigenvalue weighted by Crippen LogP contribution is -2.33. The summed E-state index contributed by atoms with van der Waals surface area (Å²) >= 11 is 0. The van der Waals surface area contributed by atoms with Crippen molar-refractivity contribution in [2.24, 2.45) is 5.73 Å². The summed E-state index contributed by atoms with van der Waals surface area (Å²) in [6.45, 7) is 7.85. The fraction of sp³-hybridized carbons (Fsp3) is 0.583. The van der Waals surface area contributed by atoms with Crippen LogP contribution in [-0.4, -0.2) is 16.7 Å². The fourth-order valence-electron chi connectivity index (χ4n) is 1.40. The maximum absolute atomic E-state index is 11.6. The molecule has 5 nitrogen and oxygen atoms in total. The Morgan fingerprint density at radius 1 is 1.59 bits per heavy atom. The number of hydrogen-bond acceptors (Lipinski definition) is 3. The third kappa shape index (κ3) is 4.48. The number of ether oxygens (including phenoxy) is 1. The molecule has 0 bridgehead atoms. The SMILES string of the molecule is CC(NC(=O)OC(C)(C)C)c1c[nH]c(CN)c1. The van der Waals surface area contributed by atoms with Gasteiger partial charge in [-0.3, -0.25) is 0 Å². The highest BCUT2D eigenvalue weighted by Crippen LogP contribution is 2.14. The molecule has 1 amide bonds. The van der Waals surface area contributed by atoms with Crippen molar-refractivity contribution in [3.63, 3.8) is 0 Å². The molecule has 1 unspecified atom stereocenters. The van der Waals surface area contributed by atoms with Crippen LogP contribution in [0.1, 0.15) is 45.0 Å². The van der Waals surface area contributed by atoms with E-state index in [1.165, 1.54) is 0 Å². The second-order valence-electron chi connectivity index (χ2n) is 5.03. The summed E-state index contributed by atoms with van der Waals surface area (Å²) in [6, 6.07) is 1.82. The summed E-state index contributed by atoms with van der Waals surface area (Å²) < 4.78 is 5.18. The van der Waals surface area contributed by atoms with Gasteiger partial charge >= 0.3 is 6.09 Å². The molecule has 0 saturated carbocycles. The minimum atomic E-state index is -0.482. The largest absolute Gasteiger partial charge is 0.444 e. The van der Waals surface area contributed by atoms with Crippen LogP contribution in [0.2, 0.25) is 0 Å². The minimum Gasteiger partial charge on any atom is -0.444 e. The van der Waals surface area contributed by atoms with E-state index in [-0.39, 0.29) is 6.04 Å². The molecule has 0 spiro atoms. The zero-order chi connectivity index (χ0) is 13.1. The van der Waals surface area contributed by atoms with Gasteiger partial charge in [-0.1, -0.05) is 0 Å². The molecular formula is C12H21N3O2. The number of nitrogens with two attached hydrogens (primary N) is 1. The molecule has 0 radical (unpaired) electrons. The lowest BCUT2D eigenvalue weighted by atomic mass is 10.1. The van der Waals surface area contributed by atoms with E-state index in [0.29, 0.717) is 6.54 Å². The van der Waals surface area contributed by atoms with Crippen molar-refractivity contribution in [3.8, 4) is 0 Å². The molecule has 0 aliphatic heterocycles. The van der Waals surface area contributed by atoms with Gasteiger partial charge in [0.2, 0.25) is 0 Å². The van der Waals surface area contributed by atoms with Crippen molar-refractivity contribution in [3.05, 3.63) is 23.5 Å². The Morgan fingerprint density at radius 2 is 2.24 bits per heavy atom. The van der Waals surface area contributed by atoms with Gasteiger partial charge < -0.3 is 20.8 Å². The number of aromatic nitrogens is 1. The Bertz CT molecular complexity index is 379. The van der Waals surface area contributed by atoms with E-state index in [1.807, 2.05) is 40.0 Å². The van der Waals surface area contributed by atoms with E-state index in [4.69, 9.17) is 10.5 Å². The number of hydrogen-bond donors (Lipinski definition) is 3. The lowest BCUT2D eigenvalue weighted by Gasteiger charge is -2.21. The summed E-state index contributed by atoms with van der Waals surface area (Å²) in [6.07, 6.45) is 1.42. The van der Waals surface area contributed by atoms with Gasteiger partial charge in [-0.15, -0.1) is 0 Å². The Morgan fingerprint density at radius 3 is 2.71 bits per heavy atom. The third-order valence-corrected chi connectivity index (χ3v) is 2.22. The lowest BCUT2D eigenvalue weighted by molar-refractivity contribution is 0.0508. The number of nitrogens with one attached hydrogen (secondary N) is 2. The first-order chi connectivity index (χ1) is 7.81. The molecule has 1 heterocycles. The van der Waals surface area contributed by atoms with Crippen LogP contribution in [0.4, 0.5) is 4.79 Å². The van der Waals surface area contributed by atoms with Crippen LogP contribution in [-0.2, 0) is 11.3 Å². The monoisotopic (exact) mass is 239 g/mol. The molecule has 1 rings (SSSR count). The molecule has 0 aliphatic rings. The van der Waals surface area contributed by atoms with E-state index >= 15 is 0 Å². The number of amides is 1. The van der Waals surface area contributed by atoms with Crippen molar-refractivity contribution in [2.45, 2.75) is 45.9 Å². The number of aromatic amines is 1. The van der Waals surface area contributed by atoms with Crippen molar-refractivity contribution in [2.75, 3.05) is 0 Å². The molecule has 96 valence electrons. The Labute approximate surface area is 102 Å². The molecular weight excluding hydrogens is 218 g/mol. The topological polar surface area (TPSA) is 80.1 Å². The van der Waals surface area contributed by atoms with Crippen LogP contribution in [0.3, 0.4) is 0 Å². The van der Waals surface area contributed by atoms with Gasteiger partial charge in [-0.05, 0) is 39.3 Å². The van der Waals surface area contributed by atoms with E-state index < -0.39 is 11.7 Å². The summed E-state index contributed by atoms with van der Waals surface area (Å²) in [5.41, 5.74) is 6.95. The summed E-state index contributed by atoms with van der Waals surface area (Å²) in [4.78, 5) is 14.6. The molecule has 1 aromatic heterocycles. The number of H-pyrrole nitrogens is 1. The Kier molecular flexibility index (Phi) is 4.17. The highest BCUT2D eigenvalue weighted by molar-refractivity contribution is 5.68. The third-order valence-electron chi connectivity index (χ3n) is 2.22. The molecule has 1 atom stereocenters. The van der Waals surface area contributed by atoms with E-state index in [9.17, 15) is 4.79 Å². The molecule has 5 heteroatoms. The average Bonchev–Trinajstić information content (AvgIpc) is 2.62. The van der Waals surface area contributed by atoms with Gasteiger partial charge in [-0.25, -0.2) is 4.79 Å². The maximum atomic E-state index is 11.6.